The third-order valence-electron chi connectivity index (χ3n) is 4.49. The lowest BCUT2D eigenvalue weighted by Gasteiger charge is -2.22. The van der Waals surface area contributed by atoms with E-state index in [1.54, 1.807) is 0 Å². The maximum Gasteiger partial charge on any atom is 0.246 e. The van der Waals surface area contributed by atoms with Gasteiger partial charge in [-0.05, 0) is 50.3 Å². The van der Waals surface area contributed by atoms with E-state index in [1.165, 1.54) is 12.0 Å². The van der Waals surface area contributed by atoms with Crippen LogP contribution >= 0.6 is 0 Å². The second-order valence-corrected chi connectivity index (χ2v) is 6.37. The minimum atomic E-state index is -0.140. The number of H-pyrrole nitrogens is 1. The van der Waals surface area contributed by atoms with Crippen LogP contribution in [0.1, 0.15) is 36.2 Å². The van der Waals surface area contributed by atoms with Gasteiger partial charge in [0.05, 0.1) is 30.3 Å². The van der Waals surface area contributed by atoms with Gasteiger partial charge in [-0.25, -0.2) is 4.98 Å². The van der Waals surface area contributed by atoms with Crippen molar-refractivity contribution in [2.75, 3.05) is 19.8 Å². The van der Waals surface area contributed by atoms with Crippen LogP contribution in [-0.4, -0.2) is 41.8 Å². The molecule has 1 saturated heterocycles. The second-order valence-electron chi connectivity index (χ2n) is 6.37. The third kappa shape index (κ3) is 4.13. The Morgan fingerprint density at radius 2 is 2.29 bits per heavy atom. The van der Waals surface area contributed by atoms with Crippen molar-refractivity contribution in [3.8, 4) is 0 Å². The average Bonchev–Trinajstić information content (AvgIpc) is 3.01. The molecule has 1 unspecified atom stereocenters. The van der Waals surface area contributed by atoms with Crippen LogP contribution in [0.4, 0.5) is 0 Å². The molecule has 0 bridgehead atoms. The van der Waals surface area contributed by atoms with Crippen molar-refractivity contribution >= 4 is 16.9 Å². The van der Waals surface area contributed by atoms with Gasteiger partial charge in [0.2, 0.25) is 5.91 Å². The number of carbonyl (C=O) groups is 1. The molecule has 1 amide bonds. The highest BCUT2D eigenvalue weighted by atomic mass is 16.5. The van der Waals surface area contributed by atoms with Crippen LogP contribution in [0.2, 0.25) is 0 Å². The van der Waals surface area contributed by atoms with E-state index < -0.39 is 0 Å². The highest BCUT2D eigenvalue weighted by Gasteiger charge is 2.14. The van der Waals surface area contributed by atoms with Crippen LogP contribution in [0.5, 0.6) is 0 Å². The lowest BCUT2D eigenvalue weighted by molar-refractivity contribution is -0.128. The maximum absolute atomic E-state index is 11.9. The predicted molar refractivity (Wildman–Crippen MR) is 91.8 cm³/mol. The predicted octanol–water partition coefficient (Wildman–Crippen LogP) is 2.38. The fourth-order valence-electron chi connectivity index (χ4n) is 2.90. The number of ether oxygens (including phenoxy) is 2. The maximum atomic E-state index is 11.9. The highest BCUT2D eigenvalue weighted by molar-refractivity contribution is 5.80. The Hall–Kier alpha value is -1.92. The Bertz CT molecular complexity index is 705. The van der Waals surface area contributed by atoms with Crippen LogP contribution < -0.4 is 5.32 Å². The fraction of sp³-hybridized carbons (Fsp3) is 0.556. The van der Waals surface area contributed by atoms with Gasteiger partial charge in [0.15, 0.2) is 0 Å². The molecular weight excluding hydrogens is 306 g/mol. The van der Waals surface area contributed by atoms with E-state index in [2.05, 4.69) is 35.2 Å². The van der Waals surface area contributed by atoms with Crippen LogP contribution in [0.3, 0.4) is 0 Å². The summed E-state index contributed by atoms with van der Waals surface area (Å²) in [5, 5.41) is 2.83. The van der Waals surface area contributed by atoms with Crippen LogP contribution in [0, 0.1) is 13.8 Å². The number of nitrogens with zero attached hydrogens (tertiary/aromatic N) is 1. The summed E-state index contributed by atoms with van der Waals surface area (Å²) in [6.45, 7) is 5.83. The number of hydrogen-bond acceptors (Lipinski definition) is 4. The Balaban J connectivity index is 1.45. The topological polar surface area (TPSA) is 76.2 Å². The van der Waals surface area contributed by atoms with Gasteiger partial charge in [0.1, 0.15) is 12.4 Å². The molecule has 6 heteroatoms. The minimum absolute atomic E-state index is 0.0538. The van der Waals surface area contributed by atoms with Gasteiger partial charge >= 0.3 is 0 Å². The summed E-state index contributed by atoms with van der Waals surface area (Å²) < 4.78 is 11.0. The van der Waals surface area contributed by atoms with E-state index in [9.17, 15) is 4.79 Å². The SMILES string of the molecule is Cc1ccc2[nH]c(CNC(=O)COCC3CCCCO3)nc2c1C. The first-order valence-electron chi connectivity index (χ1n) is 8.54. The molecule has 2 heterocycles. The number of hydrogen-bond donors (Lipinski definition) is 2. The number of aromatic nitrogens is 2. The summed E-state index contributed by atoms with van der Waals surface area (Å²) in [5.74, 6) is 0.613. The van der Waals surface area contributed by atoms with Gasteiger partial charge < -0.3 is 19.8 Å². The number of rotatable bonds is 6. The zero-order valence-corrected chi connectivity index (χ0v) is 14.4. The van der Waals surface area contributed by atoms with E-state index in [-0.39, 0.29) is 18.6 Å². The molecule has 1 aromatic carbocycles. The van der Waals surface area contributed by atoms with Crippen molar-refractivity contribution in [2.24, 2.45) is 0 Å². The third-order valence-corrected chi connectivity index (χ3v) is 4.49. The second kappa shape index (κ2) is 7.77. The summed E-state index contributed by atoms with van der Waals surface area (Å²) in [6, 6.07) is 4.09. The zero-order chi connectivity index (χ0) is 16.9. The molecule has 1 fully saturated rings. The van der Waals surface area contributed by atoms with Crippen molar-refractivity contribution < 1.29 is 14.3 Å². The normalized spacial score (nSPS) is 18.0. The van der Waals surface area contributed by atoms with Crippen LogP contribution in [0.25, 0.3) is 11.0 Å². The molecule has 0 saturated carbocycles. The molecule has 0 radical (unpaired) electrons. The summed E-state index contributed by atoms with van der Waals surface area (Å²) in [5.41, 5.74) is 4.33. The van der Waals surface area contributed by atoms with Crippen molar-refractivity contribution in [2.45, 2.75) is 45.8 Å². The molecule has 1 aromatic heterocycles. The first kappa shape index (κ1) is 16.9. The average molecular weight is 331 g/mol. The number of aromatic amines is 1. The number of carbonyl (C=O) groups excluding carboxylic acids is 1. The quantitative estimate of drug-likeness (QED) is 0.852. The summed E-state index contributed by atoms with van der Waals surface area (Å²) in [4.78, 5) is 19.7. The van der Waals surface area contributed by atoms with E-state index in [0.29, 0.717) is 13.2 Å². The first-order chi connectivity index (χ1) is 11.6. The Kier molecular flexibility index (Phi) is 5.48. The summed E-state index contributed by atoms with van der Waals surface area (Å²) >= 11 is 0. The largest absolute Gasteiger partial charge is 0.376 e. The monoisotopic (exact) mass is 331 g/mol. The molecule has 3 rings (SSSR count). The van der Waals surface area contributed by atoms with Gasteiger partial charge in [0.25, 0.3) is 0 Å². The van der Waals surface area contributed by atoms with Gasteiger partial charge in [0, 0.05) is 6.61 Å². The standard InChI is InChI=1S/C18H25N3O3/c1-12-6-7-15-18(13(12)2)21-16(20-15)9-19-17(22)11-23-10-14-5-3-4-8-24-14/h6-7,14H,3-5,8-11H2,1-2H3,(H,19,22)(H,20,21). The minimum Gasteiger partial charge on any atom is -0.376 e. The van der Waals surface area contributed by atoms with Gasteiger partial charge in [-0.2, -0.15) is 0 Å². The molecule has 130 valence electrons. The molecular formula is C18H25N3O3. The number of amides is 1. The van der Waals surface area contributed by atoms with Gasteiger partial charge in [-0.15, -0.1) is 0 Å². The van der Waals surface area contributed by atoms with Gasteiger partial charge in [-0.3, -0.25) is 4.79 Å². The molecule has 1 aliphatic rings. The highest BCUT2D eigenvalue weighted by Crippen LogP contribution is 2.19. The van der Waals surface area contributed by atoms with Crippen molar-refractivity contribution in [3.05, 3.63) is 29.1 Å². The van der Waals surface area contributed by atoms with Gasteiger partial charge in [-0.1, -0.05) is 6.07 Å². The van der Waals surface area contributed by atoms with Crippen molar-refractivity contribution in [1.29, 1.82) is 0 Å². The molecule has 0 spiro atoms. The lowest BCUT2D eigenvalue weighted by Crippen LogP contribution is -2.30. The molecule has 24 heavy (non-hydrogen) atoms. The summed E-state index contributed by atoms with van der Waals surface area (Å²) in [6.07, 6.45) is 3.44. The fourth-order valence-corrected chi connectivity index (χ4v) is 2.90. The lowest BCUT2D eigenvalue weighted by atomic mass is 10.1. The van der Waals surface area contributed by atoms with Crippen LogP contribution in [-0.2, 0) is 20.8 Å². The first-order valence-corrected chi connectivity index (χ1v) is 8.54. The Labute approximate surface area is 141 Å². The number of aryl methyl sites for hydroxylation is 2. The molecule has 2 aromatic rings. The molecule has 6 nitrogen and oxygen atoms in total. The van der Waals surface area contributed by atoms with E-state index in [0.717, 1.165) is 41.9 Å². The number of fused-ring (bicyclic) bond motifs is 1. The molecule has 2 N–H and O–H groups in total. The molecule has 1 aliphatic heterocycles. The van der Waals surface area contributed by atoms with E-state index in [1.807, 2.05) is 6.07 Å². The zero-order valence-electron chi connectivity index (χ0n) is 14.4. The number of benzene rings is 1. The smallest absolute Gasteiger partial charge is 0.246 e. The molecule has 0 aliphatic carbocycles. The number of nitrogens with one attached hydrogen (secondary N) is 2. The van der Waals surface area contributed by atoms with Crippen molar-refractivity contribution in [3.63, 3.8) is 0 Å². The molecule has 1 atom stereocenters. The Morgan fingerprint density at radius 3 is 3.08 bits per heavy atom. The van der Waals surface area contributed by atoms with Crippen molar-refractivity contribution in [1.82, 2.24) is 15.3 Å². The Morgan fingerprint density at radius 1 is 1.42 bits per heavy atom. The van der Waals surface area contributed by atoms with E-state index >= 15 is 0 Å². The number of imidazole rings is 1. The van der Waals surface area contributed by atoms with E-state index in [4.69, 9.17) is 9.47 Å². The van der Waals surface area contributed by atoms with Crippen LogP contribution in [0.15, 0.2) is 12.1 Å². The summed E-state index contributed by atoms with van der Waals surface area (Å²) in [7, 11) is 0.